The molecule has 2 aromatic rings. The fourth-order valence-corrected chi connectivity index (χ4v) is 4.84. The SMILES string of the molecule is O=C(NCCN1CCOCC1)C1(c2ccc(NS(=O)(=O)c3ccc(F)cc3)cc2)CC1. The number of rotatable bonds is 8. The van der Waals surface area contributed by atoms with E-state index in [1.54, 1.807) is 24.3 Å². The Balaban J connectivity index is 1.35. The van der Waals surface area contributed by atoms with Gasteiger partial charge in [-0.05, 0) is 54.8 Å². The summed E-state index contributed by atoms with van der Waals surface area (Å²) in [5.41, 5.74) is 0.733. The van der Waals surface area contributed by atoms with Crippen molar-refractivity contribution in [3.63, 3.8) is 0 Å². The molecule has 1 aliphatic heterocycles. The van der Waals surface area contributed by atoms with Gasteiger partial charge in [0, 0.05) is 31.9 Å². The number of hydrogen-bond donors (Lipinski definition) is 2. The van der Waals surface area contributed by atoms with Gasteiger partial charge in [0.25, 0.3) is 10.0 Å². The van der Waals surface area contributed by atoms with Crippen LogP contribution in [0.1, 0.15) is 18.4 Å². The Morgan fingerprint density at radius 1 is 1.03 bits per heavy atom. The van der Waals surface area contributed by atoms with E-state index < -0.39 is 21.3 Å². The number of nitrogens with zero attached hydrogens (tertiary/aromatic N) is 1. The van der Waals surface area contributed by atoms with Crippen molar-refractivity contribution < 1.29 is 22.3 Å². The maximum Gasteiger partial charge on any atom is 0.261 e. The largest absolute Gasteiger partial charge is 0.379 e. The summed E-state index contributed by atoms with van der Waals surface area (Å²) in [5, 5.41) is 3.05. The van der Waals surface area contributed by atoms with Gasteiger partial charge in [-0.25, -0.2) is 12.8 Å². The third-order valence-corrected chi connectivity index (χ3v) is 7.21. The van der Waals surface area contributed by atoms with E-state index in [2.05, 4.69) is 14.9 Å². The number of amides is 1. The van der Waals surface area contributed by atoms with Gasteiger partial charge in [0.05, 0.1) is 23.5 Å². The van der Waals surface area contributed by atoms with Crippen LogP contribution in [0.2, 0.25) is 0 Å². The van der Waals surface area contributed by atoms with Crippen molar-refractivity contribution in [2.24, 2.45) is 0 Å². The lowest BCUT2D eigenvalue weighted by Gasteiger charge is -2.27. The number of anilines is 1. The number of halogens is 1. The van der Waals surface area contributed by atoms with Crippen molar-refractivity contribution in [2.75, 3.05) is 44.1 Å². The van der Waals surface area contributed by atoms with Crippen LogP contribution in [0.5, 0.6) is 0 Å². The summed E-state index contributed by atoms with van der Waals surface area (Å²) in [6.07, 6.45) is 1.55. The molecule has 2 fully saturated rings. The van der Waals surface area contributed by atoms with E-state index in [0.717, 1.165) is 63.4 Å². The highest BCUT2D eigenvalue weighted by Crippen LogP contribution is 2.48. The average molecular weight is 448 g/mol. The first-order valence-electron chi connectivity index (χ1n) is 10.4. The summed E-state index contributed by atoms with van der Waals surface area (Å²) >= 11 is 0. The highest BCUT2D eigenvalue weighted by atomic mass is 32.2. The maximum atomic E-state index is 13.0. The number of carbonyl (C=O) groups is 1. The first-order valence-corrected chi connectivity index (χ1v) is 11.8. The first-order chi connectivity index (χ1) is 14.9. The molecule has 2 aliphatic rings. The van der Waals surface area contributed by atoms with E-state index in [0.29, 0.717) is 12.2 Å². The van der Waals surface area contributed by atoms with Crippen molar-refractivity contribution in [3.8, 4) is 0 Å². The number of sulfonamides is 1. The monoisotopic (exact) mass is 447 g/mol. The van der Waals surface area contributed by atoms with Gasteiger partial charge in [-0.15, -0.1) is 0 Å². The van der Waals surface area contributed by atoms with Gasteiger partial charge in [-0.3, -0.25) is 14.4 Å². The number of hydrogen-bond acceptors (Lipinski definition) is 5. The molecule has 9 heteroatoms. The van der Waals surface area contributed by atoms with Gasteiger partial charge in [-0.2, -0.15) is 0 Å². The summed E-state index contributed by atoms with van der Waals surface area (Å²) in [7, 11) is -3.81. The molecule has 7 nitrogen and oxygen atoms in total. The molecule has 0 spiro atoms. The summed E-state index contributed by atoms with van der Waals surface area (Å²) < 4.78 is 45.8. The normalized spacial score (nSPS) is 18.4. The quantitative estimate of drug-likeness (QED) is 0.647. The molecule has 1 saturated carbocycles. The zero-order chi connectivity index (χ0) is 21.9. The zero-order valence-electron chi connectivity index (χ0n) is 17.1. The minimum Gasteiger partial charge on any atom is -0.379 e. The topological polar surface area (TPSA) is 87.7 Å². The molecule has 0 atom stereocenters. The van der Waals surface area contributed by atoms with Crippen LogP contribution in [0.25, 0.3) is 0 Å². The Labute approximate surface area is 181 Å². The lowest BCUT2D eigenvalue weighted by molar-refractivity contribution is -0.123. The van der Waals surface area contributed by atoms with E-state index in [9.17, 15) is 17.6 Å². The summed E-state index contributed by atoms with van der Waals surface area (Å²) in [4.78, 5) is 15.1. The smallest absolute Gasteiger partial charge is 0.261 e. The second-order valence-corrected chi connectivity index (χ2v) is 9.61. The van der Waals surface area contributed by atoms with Crippen LogP contribution >= 0.6 is 0 Å². The Hall–Kier alpha value is -2.49. The van der Waals surface area contributed by atoms with Crippen molar-refractivity contribution >= 4 is 21.6 Å². The number of morpholine rings is 1. The lowest BCUT2D eigenvalue weighted by Crippen LogP contribution is -2.43. The Morgan fingerprint density at radius 3 is 2.29 bits per heavy atom. The predicted octanol–water partition coefficient (Wildman–Crippen LogP) is 2.11. The lowest BCUT2D eigenvalue weighted by atomic mass is 9.95. The minimum absolute atomic E-state index is 0.0143. The number of benzene rings is 2. The summed E-state index contributed by atoms with van der Waals surface area (Å²) in [6, 6.07) is 11.5. The summed E-state index contributed by atoms with van der Waals surface area (Å²) in [5.74, 6) is -0.485. The van der Waals surface area contributed by atoms with Gasteiger partial charge in [0.1, 0.15) is 5.82 Å². The molecular weight excluding hydrogens is 421 g/mol. The van der Waals surface area contributed by atoms with E-state index in [1.165, 1.54) is 12.1 Å². The van der Waals surface area contributed by atoms with Gasteiger partial charge in [0.15, 0.2) is 0 Å². The maximum absolute atomic E-state index is 13.0. The van der Waals surface area contributed by atoms with Gasteiger partial charge in [-0.1, -0.05) is 12.1 Å². The van der Waals surface area contributed by atoms with Crippen molar-refractivity contribution in [1.82, 2.24) is 10.2 Å². The fourth-order valence-electron chi connectivity index (χ4n) is 3.78. The first kappa shape index (κ1) is 21.7. The molecule has 2 N–H and O–H groups in total. The Bertz CT molecular complexity index is 1020. The van der Waals surface area contributed by atoms with Crippen molar-refractivity contribution in [1.29, 1.82) is 0 Å². The van der Waals surface area contributed by atoms with Crippen LogP contribution in [0, 0.1) is 5.82 Å². The van der Waals surface area contributed by atoms with Crippen LogP contribution in [-0.4, -0.2) is 58.6 Å². The van der Waals surface area contributed by atoms with Crippen LogP contribution in [0.3, 0.4) is 0 Å². The van der Waals surface area contributed by atoms with Crippen LogP contribution in [0.15, 0.2) is 53.4 Å². The van der Waals surface area contributed by atoms with E-state index >= 15 is 0 Å². The molecule has 0 radical (unpaired) electrons. The van der Waals surface area contributed by atoms with Gasteiger partial charge >= 0.3 is 0 Å². The van der Waals surface area contributed by atoms with Crippen LogP contribution in [-0.2, 0) is 25.0 Å². The Kier molecular flexibility index (Phi) is 6.27. The van der Waals surface area contributed by atoms with E-state index in [1.807, 2.05) is 0 Å². The molecule has 31 heavy (non-hydrogen) atoms. The Morgan fingerprint density at radius 2 is 1.68 bits per heavy atom. The summed E-state index contributed by atoms with van der Waals surface area (Å²) in [6.45, 7) is 4.63. The number of ether oxygens (including phenoxy) is 1. The van der Waals surface area contributed by atoms with Crippen LogP contribution < -0.4 is 10.0 Å². The second-order valence-electron chi connectivity index (χ2n) is 7.93. The van der Waals surface area contributed by atoms with E-state index in [-0.39, 0.29) is 10.8 Å². The van der Waals surface area contributed by atoms with Crippen molar-refractivity contribution in [2.45, 2.75) is 23.2 Å². The average Bonchev–Trinajstić information content (AvgIpc) is 3.57. The molecule has 2 aromatic carbocycles. The van der Waals surface area contributed by atoms with Gasteiger partial charge < -0.3 is 10.1 Å². The minimum atomic E-state index is -3.81. The highest BCUT2D eigenvalue weighted by molar-refractivity contribution is 7.92. The fraction of sp³-hybridized carbons (Fsp3) is 0.409. The zero-order valence-corrected chi connectivity index (χ0v) is 18.0. The molecule has 1 saturated heterocycles. The number of nitrogens with one attached hydrogen (secondary N) is 2. The molecule has 1 amide bonds. The van der Waals surface area contributed by atoms with Gasteiger partial charge in [0.2, 0.25) is 5.91 Å². The third kappa shape index (κ3) is 5.06. The molecule has 1 aliphatic carbocycles. The standard InChI is InChI=1S/C22H26FN3O4S/c23-18-3-7-20(8-4-18)31(28,29)25-19-5-1-17(2-6-19)22(9-10-22)21(27)24-11-12-26-13-15-30-16-14-26/h1-8,25H,9-16H2,(H,24,27). The molecule has 166 valence electrons. The third-order valence-electron chi connectivity index (χ3n) is 5.82. The molecule has 1 heterocycles. The highest BCUT2D eigenvalue weighted by Gasteiger charge is 2.51. The number of carbonyl (C=O) groups excluding carboxylic acids is 1. The molecule has 0 aromatic heterocycles. The molecule has 0 unspecified atom stereocenters. The predicted molar refractivity (Wildman–Crippen MR) is 115 cm³/mol. The molecular formula is C22H26FN3O4S. The van der Waals surface area contributed by atoms with Crippen molar-refractivity contribution in [3.05, 3.63) is 59.9 Å². The molecule has 4 rings (SSSR count). The van der Waals surface area contributed by atoms with Crippen LogP contribution in [0.4, 0.5) is 10.1 Å². The van der Waals surface area contributed by atoms with E-state index in [4.69, 9.17) is 4.74 Å². The molecule has 0 bridgehead atoms. The second kappa shape index (κ2) is 8.94.